The summed E-state index contributed by atoms with van der Waals surface area (Å²) in [5.41, 5.74) is -0.278. The third-order valence-electron chi connectivity index (χ3n) is 4.39. The van der Waals surface area contributed by atoms with Crippen molar-refractivity contribution in [1.82, 2.24) is 4.90 Å². The van der Waals surface area contributed by atoms with Gasteiger partial charge in [0.05, 0.1) is 18.2 Å². The number of hydrogen-bond donors (Lipinski definition) is 0. The maximum atomic E-state index is 12.6. The largest absolute Gasteiger partial charge is 0.469 e. The van der Waals surface area contributed by atoms with Crippen LogP contribution in [0.5, 0.6) is 0 Å². The maximum absolute atomic E-state index is 12.6. The van der Waals surface area contributed by atoms with Gasteiger partial charge < -0.3 is 4.42 Å². The van der Waals surface area contributed by atoms with Crippen molar-refractivity contribution in [3.05, 3.63) is 24.2 Å². The molecule has 100 valence electrons. The molecule has 0 saturated heterocycles. The fourth-order valence-corrected chi connectivity index (χ4v) is 2.95. The van der Waals surface area contributed by atoms with Crippen LogP contribution in [0.25, 0.3) is 0 Å². The van der Waals surface area contributed by atoms with E-state index < -0.39 is 0 Å². The molecule has 1 saturated carbocycles. The third-order valence-corrected chi connectivity index (χ3v) is 4.39. The lowest BCUT2D eigenvalue weighted by Gasteiger charge is -2.43. The van der Waals surface area contributed by atoms with Gasteiger partial charge in [-0.05, 0) is 57.8 Å². The minimum atomic E-state index is -0.278. The van der Waals surface area contributed by atoms with E-state index in [4.69, 9.17) is 4.42 Å². The summed E-state index contributed by atoms with van der Waals surface area (Å²) in [6.45, 7) is 2.27. The Kier molecular flexibility index (Phi) is 3.91. The number of Topliss-reactive ketones (excluding diaryl/α,β-unsaturated/α-hetero) is 1. The Morgan fingerprint density at radius 1 is 1.44 bits per heavy atom. The van der Waals surface area contributed by atoms with Gasteiger partial charge in [0.15, 0.2) is 5.78 Å². The van der Waals surface area contributed by atoms with E-state index in [0.29, 0.717) is 12.2 Å². The highest BCUT2D eigenvalue weighted by atomic mass is 16.3. The van der Waals surface area contributed by atoms with Gasteiger partial charge in [0.25, 0.3) is 0 Å². The van der Waals surface area contributed by atoms with Gasteiger partial charge in [0.2, 0.25) is 0 Å². The van der Waals surface area contributed by atoms with Crippen LogP contribution in [0.4, 0.5) is 0 Å². The van der Waals surface area contributed by atoms with E-state index in [1.807, 2.05) is 26.2 Å². The Morgan fingerprint density at radius 3 is 2.61 bits per heavy atom. The monoisotopic (exact) mass is 249 g/mol. The average Bonchev–Trinajstić information content (AvgIpc) is 2.82. The van der Waals surface area contributed by atoms with Crippen LogP contribution in [0.1, 0.15) is 38.4 Å². The highest BCUT2D eigenvalue weighted by Crippen LogP contribution is 2.36. The second kappa shape index (κ2) is 5.27. The number of rotatable bonds is 4. The molecule has 0 spiro atoms. The SMILES string of the molecule is CC1CCC(C(=O)Cc2ccco2)(N(C)C)CC1. The Hall–Kier alpha value is -1.09. The summed E-state index contributed by atoms with van der Waals surface area (Å²) in [6, 6.07) is 3.72. The first-order valence-corrected chi connectivity index (χ1v) is 6.78. The molecular weight excluding hydrogens is 226 g/mol. The molecule has 0 bridgehead atoms. The predicted molar refractivity (Wildman–Crippen MR) is 71.5 cm³/mol. The molecule has 1 aliphatic carbocycles. The van der Waals surface area contributed by atoms with Gasteiger partial charge in [-0.1, -0.05) is 6.92 Å². The molecule has 0 unspecified atom stereocenters. The van der Waals surface area contributed by atoms with Crippen LogP contribution in [0.3, 0.4) is 0 Å². The molecule has 0 radical (unpaired) electrons. The van der Waals surface area contributed by atoms with Gasteiger partial charge >= 0.3 is 0 Å². The summed E-state index contributed by atoms with van der Waals surface area (Å²) in [4.78, 5) is 14.7. The molecule has 3 heteroatoms. The first kappa shape index (κ1) is 13.3. The number of hydrogen-bond acceptors (Lipinski definition) is 3. The van der Waals surface area contributed by atoms with Crippen molar-refractivity contribution >= 4 is 5.78 Å². The molecule has 2 rings (SSSR count). The zero-order valence-corrected chi connectivity index (χ0v) is 11.6. The number of likely N-dealkylation sites (N-methyl/N-ethyl adjacent to an activating group) is 1. The lowest BCUT2D eigenvalue weighted by atomic mass is 9.73. The molecule has 1 aromatic rings. The standard InChI is InChI=1S/C15H23NO2/c1-12-6-8-15(9-7-12,16(2)3)14(17)11-13-5-4-10-18-13/h4-5,10,12H,6-9,11H2,1-3H3. The topological polar surface area (TPSA) is 33.5 Å². The summed E-state index contributed by atoms with van der Waals surface area (Å²) in [7, 11) is 4.05. The maximum Gasteiger partial charge on any atom is 0.160 e. The fraction of sp³-hybridized carbons (Fsp3) is 0.667. The molecule has 0 atom stereocenters. The summed E-state index contributed by atoms with van der Waals surface area (Å²) < 4.78 is 5.30. The van der Waals surface area contributed by atoms with Crippen molar-refractivity contribution in [1.29, 1.82) is 0 Å². The number of furan rings is 1. The quantitative estimate of drug-likeness (QED) is 0.822. The van der Waals surface area contributed by atoms with Crippen LogP contribution in [0.15, 0.2) is 22.8 Å². The lowest BCUT2D eigenvalue weighted by Crippen LogP contribution is -2.53. The summed E-state index contributed by atoms with van der Waals surface area (Å²) in [5, 5.41) is 0. The van der Waals surface area contributed by atoms with Crippen LogP contribution in [0, 0.1) is 5.92 Å². The fourth-order valence-electron chi connectivity index (χ4n) is 2.95. The van der Waals surface area contributed by atoms with Crippen LogP contribution < -0.4 is 0 Å². The summed E-state index contributed by atoms with van der Waals surface area (Å²) in [6.07, 6.45) is 6.28. The van der Waals surface area contributed by atoms with Crippen LogP contribution in [-0.4, -0.2) is 30.3 Å². The van der Waals surface area contributed by atoms with E-state index in [1.54, 1.807) is 6.26 Å². The van der Waals surface area contributed by atoms with Gasteiger partial charge in [-0.3, -0.25) is 9.69 Å². The van der Waals surface area contributed by atoms with Gasteiger partial charge in [-0.25, -0.2) is 0 Å². The van der Waals surface area contributed by atoms with Gasteiger partial charge in [-0.15, -0.1) is 0 Å². The molecule has 3 nitrogen and oxygen atoms in total. The molecule has 1 aromatic heterocycles. The van der Waals surface area contributed by atoms with Gasteiger partial charge in [-0.2, -0.15) is 0 Å². The van der Waals surface area contributed by atoms with Gasteiger partial charge in [0.1, 0.15) is 5.76 Å². The highest BCUT2D eigenvalue weighted by Gasteiger charge is 2.42. The number of ketones is 1. The number of nitrogens with zero attached hydrogens (tertiary/aromatic N) is 1. The second-order valence-electron chi connectivity index (χ2n) is 5.79. The summed E-state index contributed by atoms with van der Waals surface area (Å²) in [5.74, 6) is 1.82. The first-order chi connectivity index (χ1) is 8.54. The minimum Gasteiger partial charge on any atom is -0.469 e. The summed E-state index contributed by atoms with van der Waals surface area (Å²) >= 11 is 0. The van der Waals surface area contributed by atoms with E-state index in [1.165, 1.54) is 0 Å². The second-order valence-corrected chi connectivity index (χ2v) is 5.79. The first-order valence-electron chi connectivity index (χ1n) is 6.78. The van der Waals surface area contributed by atoms with Gasteiger partial charge in [0, 0.05) is 0 Å². The van der Waals surface area contributed by atoms with E-state index in [9.17, 15) is 4.79 Å². The van der Waals surface area contributed by atoms with Crippen LogP contribution in [-0.2, 0) is 11.2 Å². The number of carbonyl (C=O) groups is 1. The Labute approximate surface area is 109 Å². The van der Waals surface area contributed by atoms with Crippen molar-refractivity contribution < 1.29 is 9.21 Å². The Balaban J connectivity index is 2.12. The highest BCUT2D eigenvalue weighted by molar-refractivity contribution is 5.89. The van der Waals surface area contributed by atoms with Crippen LogP contribution >= 0.6 is 0 Å². The van der Waals surface area contributed by atoms with Crippen LogP contribution in [0.2, 0.25) is 0 Å². The smallest absolute Gasteiger partial charge is 0.160 e. The molecule has 1 heterocycles. The molecule has 0 aliphatic heterocycles. The molecule has 0 amide bonds. The van der Waals surface area contributed by atoms with Crippen molar-refractivity contribution in [2.45, 2.75) is 44.6 Å². The van der Waals surface area contributed by atoms with Crippen molar-refractivity contribution in [3.63, 3.8) is 0 Å². The molecule has 0 aromatic carbocycles. The number of carbonyl (C=O) groups excluding carboxylic acids is 1. The van der Waals surface area contributed by atoms with E-state index >= 15 is 0 Å². The average molecular weight is 249 g/mol. The zero-order valence-electron chi connectivity index (χ0n) is 11.6. The molecular formula is C15H23NO2. The Bertz CT molecular complexity index is 387. The predicted octanol–water partition coefficient (Wildman–Crippen LogP) is 2.90. The van der Waals surface area contributed by atoms with E-state index in [2.05, 4.69) is 11.8 Å². The Morgan fingerprint density at radius 2 is 2.11 bits per heavy atom. The van der Waals surface area contributed by atoms with E-state index in [0.717, 1.165) is 37.4 Å². The molecule has 1 aliphatic rings. The normalized spacial score (nSPS) is 28.6. The molecule has 18 heavy (non-hydrogen) atoms. The molecule has 0 N–H and O–H groups in total. The molecule has 1 fully saturated rings. The van der Waals surface area contributed by atoms with Crippen molar-refractivity contribution in [2.75, 3.05) is 14.1 Å². The van der Waals surface area contributed by atoms with E-state index in [-0.39, 0.29) is 5.54 Å². The zero-order chi connectivity index (χ0) is 13.2. The minimum absolute atomic E-state index is 0.278. The third kappa shape index (κ3) is 2.51. The lowest BCUT2D eigenvalue weighted by molar-refractivity contribution is -0.132. The van der Waals surface area contributed by atoms with Crippen molar-refractivity contribution in [2.24, 2.45) is 5.92 Å². The van der Waals surface area contributed by atoms with Crippen molar-refractivity contribution in [3.8, 4) is 0 Å².